The number of benzene rings is 2. The maximum atomic E-state index is 13.5. The summed E-state index contributed by atoms with van der Waals surface area (Å²) in [6, 6.07) is 9.53. The Morgan fingerprint density at radius 3 is 2.96 bits per heavy atom. The van der Waals surface area contributed by atoms with E-state index >= 15 is 0 Å². The Labute approximate surface area is 163 Å². The Balaban J connectivity index is 1.72. The first-order valence-electron chi connectivity index (χ1n) is 8.23. The molecule has 1 aliphatic rings. The summed E-state index contributed by atoms with van der Waals surface area (Å²) in [4.78, 5) is 16.1. The van der Waals surface area contributed by atoms with Crippen molar-refractivity contribution in [3.8, 4) is 16.3 Å². The number of nitrogens with zero attached hydrogens (tertiary/aromatic N) is 1. The SMILES string of the molecule is O=C(O)c1sc(-c2ccc3c(c2)CCCO3)nc1Nc1cc(F)ccc1Cl. The number of carboxylic acids is 1. The Morgan fingerprint density at radius 1 is 1.30 bits per heavy atom. The molecule has 3 aromatic rings. The molecule has 1 aliphatic heterocycles. The van der Waals surface area contributed by atoms with Gasteiger partial charge in [0.05, 0.1) is 17.3 Å². The maximum Gasteiger partial charge on any atom is 0.349 e. The van der Waals surface area contributed by atoms with E-state index < -0.39 is 11.8 Å². The number of aromatic nitrogens is 1. The molecule has 0 amide bonds. The topological polar surface area (TPSA) is 71.5 Å². The highest BCUT2D eigenvalue weighted by molar-refractivity contribution is 7.17. The van der Waals surface area contributed by atoms with Crippen LogP contribution in [-0.2, 0) is 6.42 Å². The number of anilines is 2. The number of carbonyl (C=O) groups is 1. The number of hydrogen-bond donors (Lipinski definition) is 2. The average Bonchev–Trinajstić information content (AvgIpc) is 3.08. The molecular weight excluding hydrogens is 391 g/mol. The van der Waals surface area contributed by atoms with Crippen molar-refractivity contribution in [1.29, 1.82) is 0 Å². The summed E-state index contributed by atoms with van der Waals surface area (Å²) >= 11 is 7.12. The van der Waals surface area contributed by atoms with E-state index in [1.165, 1.54) is 18.2 Å². The molecule has 0 aliphatic carbocycles. The van der Waals surface area contributed by atoms with Crippen molar-refractivity contribution in [3.05, 3.63) is 57.7 Å². The highest BCUT2D eigenvalue weighted by Crippen LogP contribution is 2.37. The summed E-state index contributed by atoms with van der Waals surface area (Å²) in [6.07, 6.45) is 1.85. The van der Waals surface area contributed by atoms with Gasteiger partial charge in [0.25, 0.3) is 0 Å². The van der Waals surface area contributed by atoms with Gasteiger partial charge < -0.3 is 15.2 Å². The van der Waals surface area contributed by atoms with E-state index in [1.54, 1.807) is 0 Å². The normalized spacial score (nSPS) is 13.0. The Bertz CT molecular complexity index is 1040. The van der Waals surface area contributed by atoms with E-state index in [4.69, 9.17) is 16.3 Å². The molecule has 0 saturated carbocycles. The first kappa shape index (κ1) is 17.8. The first-order chi connectivity index (χ1) is 13.0. The summed E-state index contributed by atoms with van der Waals surface area (Å²) < 4.78 is 19.1. The van der Waals surface area contributed by atoms with Crippen LogP contribution in [0.2, 0.25) is 5.02 Å². The number of halogens is 2. The fourth-order valence-corrected chi connectivity index (χ4v) is 3.91. The second kappa shape index (κ2) is 7.17. The molecule has 1 aromatic heterocycles. The Morgan fingerprint density at radius 2 is 2.15 bits per heavy atom. The van der Waals surface area contributed by atoms with Gasteiger partial charge in [-0.1, -0.05) is 11.6 Å². The van der Waals surface area contributed by atoms with Gasteiger partial charge in [-0.05, 0) is 54.8 Å². The van der Waals surface area contributed by atoms with Gasteiger partial charge in [0, 0.05) is 5.56 Å². The fourth-order valence-electron chi connectivity index (χ4n) is 2.89. The molecule has 5 nitrogen and oxygen atoms in total. The molecule has 0 atom stereocenters. The molecule has 0 bridgehead atoms. The van der Waals surface area contributed by atoms with Crippen LogP contribution in [0.3, 0.4) is 0 Å². The van der Waals surface area contributed by atoms with Crippen LogP contribution < -0.4 is 10.1 Å². The summed E-state index contributed by atoms with van der Waals surface area (Å²) in [5.41, 5.74) is 2.15. The van der Waals surface area contributed by atoms with Crippen molar-refractivity contribution in [2.45, 2.75) is 12.8 Å². The molecule has 0 fully saturated rings. The lowest BCUT2D eigenvalue weighted by molar-refractivity contribution is 0.0703. The van der Waals surface area contributed by atoms with Gasteiger partial charge in [0.2, 0.25) is 0 Å². The Hall–Kier alpha value is -2.64. The quantitative estimate of drug-likeness (QED) is 0.611. The zero-order valence-corrected chi connectivity index (χ0v) is 15.5. The standard InChI is InChI=1S/C19H14ClFN2O3S/c20-13-5-4-12(21)9-14(13)22-17-16(19(24)25)27-18(23-17)11-3-6-15-10(8-11)2-1-7-26-15/h3-6,8-9,22H,1-2,7H2,(H,24,25). The number of hydrogen-bond acceptors (Lipinski definition) is 5. The molecule has 8 heteroatoms. The van der Waals surface area contributed by atoms with Gasteiger partial charge >= 0.3 is 5.97 Å². The van der Waals surface area contributed by atoms with Crippen molar-refractivity contribution in [1.82, 2.24) is 4.98 Å². The van der Waals surface area contributed by atoms with Crippen molar-refractivity contribution >= 4 is 40.4 Å². The third-order valence-corrected chi connectivity index (χ3v) is 5.58. The van der Waals surface area contributed by atoms with Gasteiger partial charge in [0.1, 0.15) is 16.6 Å². The molecule has 0 saturated heterocycles. The third kappa shape index (κ3) is 3.61. The van der Waals surface area contributed by atoms with Gasteiger partial charge in [-0.2, -0.15) is 0 Å². The molecule has 2 heterocycles. The van der Waals surface area contributed by atoms with E-state index in [1.807, 2.05) is 18.2 Å². The van der Waals surface area contributed by atoms with Crippen LogP contribution in [0.25, 0.3) is 10.6 Å². The average molecular weight is 405 g/mol. The molecule has 2 aromatic carbocycles. The first-order valence-corrected chi connectivity index (χ1v) is 9.43. The van der Waals surface area contributed by atoms with E-state index in [9.17, 15) is 14.3 Å². The largest absolute Gasteiger partial charge is 0.493 e. The van der Waals surface area contributed by atoms with Crippen molar-refractivity contribution < 1.29 is 19.0 Å². The minimum atomic E-state index is -1.12. The third-order valence-electron chi connectivity index (χ3n) is 4.16. The lowest BCUT2D eigenvalue weighted by Crippen LogP contribution is -2.07. The van der Waals surface area contributed by atoms with E-state index in [0.29, 0.717) is 11.6 Å². The second-order valence-corrected chi connectivity index (χ2v) is 7.43. The summed E-state index contributed by atoms with van der Waals surface area (Å²) in [5.74, 6) is -0.618. The van der Waals surface area contributed by atoms with Crippen molar-refractivity contribution in [2.24, 2.45) is 0 Å². The molecule has 4 rings (SSSR count). The maximum absolute atomic E-state index is 13.5. The van der Waals surface area contributed by atoms with Gasteiger partial charge in [-0.15, -0.1) is 11.3 Å². The van der Waals surface area contributed by atoms with Gasteiger partial charge in [-0.25, -0.2) is 14.2 Å². The lowest BCUT2D eigenvalue weighted by atomic mass is 10.0. The number of rotatable bonds is 4. The van der Waals surface area contributed by atoms with E-state index in [-0.39, 0.29) is 21.4 Å². The van der Waals surface area contributed by atoms with Gasteiger partial charge in [0.15, 0.2) is 10.7 Å². The predicted octanol–water partition coefficient (Wildman–Crippen LogP) is 5.37. The van der Waals surface area contributed by atoms with Crippen molar-refractivity contribution in [2.75, 3.05) is 11.9 Å². The number of nitrogens with one attached hydrogen (secondary N) is 1. The van der Waals surface area contributed by atoms with Crippen LogP contribution in [0.5, 0.6) is 5.75 Å². The number of aryl methyl sites for hydroxylation is 1. The van der Waals surface area contributed by atoms with Crippen LogP contribution in [-0.4, -0.2) is 22.7 Å². The lowest BCUT2D eigenvalue weighted by Gasteiger charge is -2.17. The van der Waals surface area contributed by atoms with Crippen LogP contribution in [0.15, 0.2) is 36.4 Å². The number of ether oxygens (including phenoxy) is 1. The minimum absolute atomic E-state index is 0.0271. The highest BCUT2D eigenvalue weighted by Gasteiger charge is 2.20. The molecule has 0 spiro atoms. The van der Waals surface area contributed by atoms with E-state index in [2.05, 4.69) is 10.3 Å². The minimum Gasteiger partial charge on any atom is -0.493 e. The number of fused-ring (bicyclic) bond motifs is 1. The Kier molecular flexibility index (Phi) is 4.72. The van der Waals surface area contributed by atoms with Crippen LogP contribution in [0, 0.1) is 5.82 Å². The number of thiazole rings is 1. The molecule has 138 valence electrons. The fraction of sp³-hybridized carbons (Fsp3) is 0.158. The molecule has 2 N–H and O–H groups in total. The van der Waals surface area contributed by atoms with E-state index in [0.717, 1.165) is 41.1 Å². The number of aromatic carboxylic acids is 1. The second-order valence-electron chi connectivity index (χ2n) is 6.03. The zero-order chi connectivity index (χ0) is 19.0. The number of carboxylic acid groups (broad SMARTS) is 1. The van der Waals surface area contributed by atoms with Crippen LogP contribution in [0.4, 0.5) is 15.9 Å². The van der Waals surface area contributed by atoms with Crippen molar-refractivity contribution in [3.63, 3.8) is 0 Å². The molecular formula is C19H14ClFN2O3S. The molecule has 0 radical (unpaired) electrons. The van der Waals surface area contributed by atoms with Crippen LogP contribution >= 0.6 is 22.9 Å². The molecule has 0 unspecified atom stereocenters. The summed E-state index contributed by atoms with van der Waals surface area (Å²) in [7, 11) is 0. The summed E-state index contributed by atoms with van der Waals surface area (Å²) in [5, 5.41) is 13.2. The zero-order valence-electron chi connectivity index (χ0n) is 14.0. The van der Waals surface area contributed by atoms with Gasteiger partial charge in [-0.3, -0.25) is 0 Å². The summed E-state index contributed by atoms with van der Waals surface area (Å²) in [6.45, 7) is 0.704. The monoisotopic (exact) mass is 404 g/mol. The van der Waals surface area contributed by atoms with Crippen LogP contribution in [0.1, 0.15) is 21.7 Å². The smallest absolute Gasteiger partial charge is 0.349 e. The predicted molar refractivity (Wildman–Crippen MR) is 103 cm³/mol. The molecule has 27 heavy (non-hydrogen) atoms. The highest BCUT2D eigenvalue weighted by atomic mass is 35.5.